The fraction of sp³-hybridized carbons (Fsp3) is 0.375. The van der Waals surface area contributed by atoms with Crippen LogP contribution < -0.4 is 11.1 Å². The van der Waals surface area contributed by atoms with Crippen LogP contribution in [0, 0.1) is 0 Å². The van der Waals surface area contributed by atoms with Gasteiger partial charge >= 0.3 is 0 Å². The molecule has 3 N–H and O–H groups in total. The Kier molecular flexibility index (Phi) is 4.75. The Morgan fingerprint density at radius 1 is 1.38 bits per heavy atom. The van der Waals surface area contributed by atoms with E-state index in [4.69, 9.17) is 5.73 Å². The van der Waals surface area contributed by atoms with Crippen LogP contribution in [0.2, 0.25) is 0 Å². The zero-order valence-corrected chi connectivity index (χ0v) is 12.3. The number of carbonyl (C=O) groups is 2. The highest BCUT2D eigenvalue weighted by atomic mass is 16.2. The normalized spacial score (nSPS) is 23.7. The maximum atomic E-state index is 12.6. The third kappa shape index (κ3) is 3.49. The molecule has 0 fully saturated rings. The van der Waals surface area contributed by atoms with E-state index >= 15 is 0 Å². The van der Waals surface area contributed by atoms with Crippen molar-refractivity contribution in [3.05, 3.63) is 48.0 Å². The molecule has 21 heavy (non-hydrogen) atoms. The Hall–Kier alpha value is -2.14. The van der Waals surface area contributed by atoms with E-state index in [1.54, 1.807) is 18.9 Å². The van der Waals surface area contributed by atoms with Crippen LogP contribution in [-0.4, -0.2) is 42.4 Å². The van der Waals surface area contributed by atoms with E-state index in [0.29, 0.717) is 6.54 Å². The summed E-state index contributed by atoms with van der Waals surface area (Å²) in [6, 6.07) is 8.72. The lowest BCUT2D eigenvalue weighted by Crippen LogP contribution is -2.53. The SMILES string of the molecule is C[C@H](N[C@@H]1C(=O)N(C)CC=C[C@@H]1c1ccccc1)C(N)=O. The van der Waals surface area contributed by atoms with Gasteiger partial charge in [-0.25, -0.2) is 0 Å². The number of amides is 2. The van der Waals surface area contributed by atoms with E-state index in [0.717, 1.165) is 5.56 Å². The molecule has 1 heterocycles. The summed E-state index contributed by atoms with van der Waals surface area (Å²) in [4.78, 5) is 25.5. The Balaban J connectivity index is 2.33. The molecule has 0 aliphatic carbocycles. The number of hydrogen-bond acceptors (Lipinski definition) is 3. The third-order valence-corrected chi connectivity index (χ3v) is 3.76. The number of carbonyl (C=O) groups excluding carboxylic acids is 2. The van der Waals surface area contributed by atoms with Crippen LogP contribution in [0.4, 0.5) is 0 Å². The highest BCUT2D eigenvalue weighted by Crippen LogP contribution is 2.25. The Morgan fingerprint density at radius 3 is 2.67 bits per heavy atom. The van der Waals surface area contributed by atoms with Crippen LogP contribution in [-0.2, 0) is 9.59 Å². The maximum Gasteiger partial charge on any atom is 0.240 e. The van der Waals surface area contributed by atoms with E-state index < -0.39 is 18.0 Å². The molecule has 0 aromatic heterocycles. The molecule has 1 aliphatic heterocycles. The van der Waals surface area contributed by atoms with Crippen LogP contribution in [0.15, 0.2) is 42.5 Å². The quantitative estimate of drug-likeness (QED) is 0.798. The highest BCUT2D eigenvalue weighted by molar-refractivity contribution is 5.86. The molecule has 112 valence electrons. The van der Waals surface area contributed by atoms with Gasteiger partial charge in [0.25, 0.3) is 0 Å². The van der Waals surface area contributed by atoms with Gasteiger partial charge in [-0.3, -0.25) is 14.9 Å². The van der Waals surface area contributed by atoms with Crippen LogP contribution >= 0.6 is 0 Å². The molecule has 5 heteroatoms. The van der Waals surface area contributed by atoms with E-state index in [-0.39, 0.29) is 11.8 Å². The molecule has 0 unspecified atom stereocenters. The predicted molar refractivity (Wildman–Crippen MR) is 81.5 cm³/mol. The summed E-state index contributed by atoms with van der Waals surface area (Å²) in [5, 5.41) is 3.07. The van der Waals surface area contributed by atoms with Gasteiger partial charge in [-0.15, -0.1) is 0 Å². The van der Waals surface area contributed by atoms with Gasteiger partial charge in [-0.05, 0) is 12.5 Å². The zero-order valence-electron chi connectivity index (χ0n) is 12.3. The molecule has 0 saturated heterocycles. The van der Waals surface area contributed by atoms with E-state index in [1.807, 2.05) is 42.5 Å². The van der Waals surface area contributed by atoms with Gasteiger partial charge in [0.2, 0.25) is 11.8 Å². The van der Waals surface area contributed by atoms with Gasteiger partial charge in [-0.1, -0.05) is 42.5 Å². The summed E-state index contributed by atoms with van der Waals surface area (Å²) in [7, 11) is 1.75. The first-order valence-electron chi connectivity index (χ1n) is 7.02. The second-order valence-electron chi connectivity index (χ2n) is 5.35. The van der Waals surface area contributed by atoms with Gasteiger partial charge in [0.1, 0.15) is 0 Å². The van der Waals surface area contributed by atoms with Crippen molar-refractivity contribution in [2.24, 2.45) is 5.73 Å². The van der Waals surface area contributed by atoms with Gasteiger partial charge in [0.15, 0.2) is 0 Å². The van der Waals surface area contributed by atoms with Gasteiger partial charge in [0, 0.05) is 19.5 Å². The van der Waals surface area contributed by atoms with Gasteiger partial charge in [0.05, 0.1) is 12.1 Å². The molecule has 0 radical (unpaired) electrons. The fourth-order valence-corrected chi connectivity index (χ4v) is 2.46. The first kappa shape index (κ1) is 15.3. The lowest BCUT2D eigenvalue weighted by molar-refractivity contribution is -0.132. The summed E-state index contributed by atoms with van der Waals surface area (Å²) in [6.07, 6.45) is 3.99. The minimum absolute atomic E-state index is 0.0399. The highest BCUT2D eigenvalue weighted by Gasteiger charge is 2.33. The smallest absolute Gasteiger partial charge is 0.240 e. The largest absolute Gasteiger partial charge is 0.368 e. The molecule has 5 nitrogen and oxygen atoms in total. The van der Waals surface area contributed by atoms with Crippen LogP contribution in [0.25, 0.3) is 0 Å². The number of hydrogen-bond donors (Lipinski definition) is 2. The minimum Gasteiger partial charge on any atom is -0.368 e. The summed E-state index contributed by atoms with van der Waals surface area (Å²) in [6.45, 7) is 2.23. The predicted octanol–water partition coefficient (Wildman–Crippen LogP) is 0.630. The molecule has 1 aromatic rings. The van der Waals surface area contributed by atoms with Crippen molar-refractivity contribution in [1.29, 1.82) is 0 Å². The lowest BCUT2D eigenvalue weighted by atomic mass is 9.90. The molecular formula is C16H21N3O2. The lowest BCUT2D eigenvalue weighted by Gasteiger charge is -2.28. The number of likely N-dealkylation sites (N-methyl/N-ethyl adjacent to an activating group) is 1. The summed E-state index contributed by atoms with van der Waals surface area (Å²) < 4.78 is 0. The second kappa shape index (κ2) is 6.54. The van der Waals surface area contributed by atoms with Crippen molar-refractivity contribution in [3.63, 3.8) is 0 Å². The van der Waals surface area contributed by atoms with Crippen molar-refractivity contribution >= 4 is 11.8 Å². The first-order chi connectivity index (χ1) is 10.0. The number of benzene rings is 1. The van der Waals surface area contributed by atoms with E-state index in [1.165, 1.54) is 0 Å². The van der Waals surface area contributed by atoms with Gasteiger partial charge < -0.3 is 10.6 Å². The van der Waals surface area contributed by atoms with Crippen LogP contribution in [0.1, 0.15) is 18.4 Å². The minimum atomic E-state index is -0.565. The number of nitrogens with one attached hydrogen (secondary N) is 1. The molecule has 3 atom stereocenters. The van der Waals surface area contributed by atoms with Crippen molar-refractivity contribution in [3.8, 4) is 0 Å². The molecule has 2 amide bonds. The molecular weight excluding hydrogens is 266 g/mol. The van der Waals surface area contributed by atoms with Gasteiger partial charge in [-0.2, -0.15) is 0 Å². The molecule has 1 aromatic carbocycles. The average molecular weight is 287 g/mol. The van der Waals surface area contributed by atoms with Crippen LogP contribution in [0.5, 0.6) is 0 Å². The standard InChI is InChI=1S/C16H21N3O2/c1-11(15(17)20)18-14-13(12-7-4-3-5-8-12)9-6-10-19(2)16(14)21/h3-9,11,13-14,18H,10H2,1-2H3,(H2,17,20)/t11-,13+,14-/m0/s1. The monoisotopic (exact) mass is 287 g/mol. The maximum absolute atomic E-state index is 12.6. The fourth-order valence-electron chi connectivity index (χ4n) is 2.46. The zero-order chi connectivity index (χ0) is 15.4. The Morgan fingerprint density at radius 2 is 2.05 bits per heavy atom. The number of nitrogens with two attached hydrogens (primary N) is 1. The van der Waals surface area contributed by atoms with Crippen LogP contribution in [0.3, 0.4) is 0 Å². The number of nitrogens with zero attached hydrogens (tertiary/aromatic N) is 1. The van der Waals surface area contributed by atoms with Crippen molar-refractivity contribution in [2.75, 3.05) is 13.6 Å². The third-order valence-electron chi connectivity index (χ3n) is 3.76. The summed E-state index contributed by atoms with van der Waals surface area (Å²) in [5.74, 6) is -0.627. The first-order valence-corrected chi connectivity index (χ1v) is 7.02. The molecule has 0 bridgehead atoms. The van der Waals surface area contributed by atoms with E-state index in [2.05, 4.69) is 5.32 Å². The number of rotatable bonds is 4. The van der Waals surface area contributed by atoms with Crippen molar-refractivity contribution in [1.82, 2.24) is 10.2 Å². The summed E-state index contributed by atoms with van der Waals surface area (Å²) in [5.41, 5.74) is 6.35. The second-order valence-corrected chi connectivity index (χ2v) is 5.35. The van der Waals surface area contributed by atoms with Crippen molar-refractivity contribution < 1.29 is 9.59 Å². The number of primary amides is 1. The van der Waals surface area contributed by atoms with Crippen molar-refractivity contribution in [2.45, 2.75) is 24.9 Å². The summed E-state index contributed by atoms with van der Waals surface area (Å²) >= 11 is 0. The molecule has 1 aliphatic rings. The Bertz CT molecular complexity index is 542. The van der Waals surface area contributed by atoms with E-state index in [9.17, 15) is 9.59 Å². The molecule has 2 rings (SSSR count). The topological polar surface area (TPSA) is 75.4 Å². The average Bonchev–Trinajstić information content (AvgIpc) is 2.61. The Labute approximate surface area is 124 Å². The molecule has 0 spiro atoms. The molecule has 0 saturated carbocycles.